The molecule has 30 heavy (non-hydrogen) atoms. The molecule has 1 amide bonds. The van der Waals surface area contributed by atoms with E-state index in [0.717, 1.165) is 61.5 Å². The zero-order chi connectivity index (χ0) is 20.9. The lowest BCUT2D eigenvalue weighted by atomic mass is 10.0. The minimum absolute atomic E-state index is 0.0649. The zero-order valence-electron chi connectivity index (χ0n) is 17.8. The van der Waals surface area contributed by atoms with E-state index in [9.17, 15) is 4.79 Å². The molecule has 2 fully saturated rings. The second kappa shape index (κ2) is 9.41. The highest BCUT2D eigenvalue weighted by atomic mass is 16.6. The Morgan fingerprint density at radius 1 is 1.00 bits per heavy atom. The number of likely N-dealkylation sites (N-methyl/N-ethyl adjacent to an activating group) is 1. The molecule has 0 spiro atoms. The predicted molar refractivity (Wildman–Crippen MR) is 120 cm³/mol. The molecule has 0 aliphatic carbocycles. The first-order valence-electron chi connectivity index (χ1n) is 10.6. The van der Waals surface area contributed by atoms with Crippen LogP contribution in [-0.2, 0) is 4.84 Å². The van der Waals surface area contributed by atoms with Gasteiger partial charge in [-0.25, -0.2) is 0 Å². The van der Waals surface area contributed by atoms with Gasteiger partial charge in [-0.05, 0) is 30.3 Å². The van der Waals surface area contributed by atoms with Gasteiger partial charge in [0.2, 0.25) is 0 Å². The number of carbonyl (C=O) groups is 1. The second-order valence-corrected chi connectivity index (χ2v) is 8.18. The van der Waals surface area contributed by atoms with Gasteiger partial charge >= 0.3 is 0 Å². The number of amides is 1. The van der Waals surface area contributed by atoms with Gasteiger partial charge in [-0.2, -0.15) is 0 Å². The maximum absolute atomic E-state index is 13.4. The van der Waals surface area contributed by atoms with Crippen LogP contribution in [0.3, 0.4) is 0 Å². The van der Waals surface area contributed by atoms with Crippen LogP contribution < -0.4 is 0 Å². The lowest BCUT2D eigenvalue weighted by Gasteiger charge is -2.35. The van der Waals surface area contributed by atoms with E-state index in [2.05, 4.69) is 34.1 Å². The number of rotatable bonds is 5. The Morgan fingerprint density at radius 3 is 2.33 bits per heavy atom. The third-order valence-corrected chi connectivity index (χ3v) is 6.05. The molecule has 2 aliphatic rings. The van der Waals surface area contributed by atoms with Gasteiger partial charge < -0.3 is 14.6 Å². The van der Waals surface area contributed by atoms with E-state index in [1.807, 2.05) is 47.4 Å². The van der Waals surface area contributed by atoms with E-state index >= 15 is 0 Å². The van der Waals surface area contributed by atoms with E-state index in [1.54, 1.807) is 7.11 Å². The van der Waals surface area contributed by atoms with Crippen molar-refractivity contribution >= 4 is 11.6 Å². The summed E-state index contributed by atoms with van der Waals surface area (Å²) < 4.78 is 0. The van der Waals surface area contributed by atoms with E-state index in [1.165, 1.54) is 0 Å². The van der Waals surface area contributed by atoms with Gasteiger partial charge in [0.25, 0.3) is 5.91 Å². The first-order valence-corrected chi connectivity index (χ1v) is 10.6. The number of nitrogens with zero attached hydrogens (tertiary/aromatic N) is 4. The van der Waals surface area contributed by atoms with Crippen LogP contribution in [0.4, 0.5) is 0 Å². The van der Waals surface area contributed by atoms with Crippen molar-refractivity contribution in [1.29, 1.82) is 0 Å². The van der Waals surface area contributed by atoms with Gasteiger partial charge in [0.05, 0.1) is 18.3 Å². The Hall–Kier alpha value is -2.70. The van der Waals surface area contributed by atoms with Gasteiger partial charge in [0, 0.05) is 44.7 Å². The molecular weight excluding hydrogens is 376 g/mol. The van der Waals surface area contributed by atoms with Crippen LogP contribution in [-0.4, -0.2) is 85.8 Å². The minimum atomic E-state index is 0.0649. The molecule has 2 heterocycles. The molecule has 0 bridgehead atoms. The van der Waals surface area contributed by atoms with Gasteiger partial charge in [-0.1, -0.05) is 47.6 Å². The molecule has 2 saturated heterocycles. The molecule has 0 N–H and O–H groups in total. The van der Waals surface area contributed by atoms with Crippen LogP contribution in [0.15, 0.2) is 59.8 Å². The van der Waals surface area contributed by atoms with Gasteiger partial charge in [-0.15, -0.1) is 0 Å². The molecule has 0 aromatic heterocycles. The van der Waals surface area contributed by atoms with Crippen molar-refractivity contribution in [1.82, 2.24) is 14.7 Å². The summed E-state index contributed by atoms with van der Waals surface area (Å²) in [7, 11) is 3.72. The van der Waals surface area contributed by atoms with Crippen LogP contribution in [0.1, 0.15) is 16.8 Å². The van der Waals surface area contributed by atoms with Crippen LogP contribution in [0.2, 0.25) is 0 Å². The lowest BCUT2D eigenvalue weighted by molar-refractivity contribution is 0.0669. The van der Waals surface area contributed by atoms with Gasteiger partial charge in [0.1, 0.15) is 7.11 Å². The summed E-state index contributed by atoms with van der Waals surface area (Å²) in [5.41, 5.74) is 3.92. The average molecular weight is 407 g/mol. The molecule has 6 nitrogen and oxygen atoms in total. The Balaban J connectivity index is 1.49. The smallest absolute Gasteiger partial charge is 0.254 e. The summed E-state index contributed by atoms with van der Waals surface area (Å²) in [6.45, 7) is 5.63. The molecule has 2 aliphatic heterocycles. The maximum Gasteiger partial charge on any atom is 0.254 e. The largest absolute Gasteiger partial charge is 0.399 e. The Labute approximate surface area is 178 Å². The van der Waals surface area contributed by atoms with Crippen molar-refractivity contribution in [3.05, 3.63) is 60.2 Å². The zero-order valence-corrected chi connectivity index (χ0v) is 17.8. The van der Waals surface area contributed by atoms with Crippen molar-refractivity contribution in [2.45, 2.75) is 12.5 Å². The maximum atomic E-state index is 13.4. The molecule has 0 unspecified atom stereocenters. The summed E-state index contributed by atoms with van der Waals surface area (Å²) >= 11 is 0. The average Bonchev–Trinajstić information content (AvgIpc) is 3.18. The highest BCUT2D eigenvalue weighted by Gasteiger charge is 2.35. The molecule has 2 aromatic carbocycles. The number of likely N-dealkylation sites (tertiary alicyclic amines) is 1. The Kier molecular flexibility index (Phi) is 6.45. The van der Waals surface area contributed by atoms with Crippen molar-refractivity contribution in [2.24, 2.45) is 5.16 Å². The number of carbonyl (C=O) groups excluding carboxylic acids is 1. The lowest BCUT2D eigenvalue weighted by Crippen LogP contribution is -2.50. The molecule has 2 aromatic rings. The summed E-state index contributed by atoms with van der Waals surface area (Å²) in [5, 5.41) is 4.16. The van der Waals surface area contributed by atoms with Crippen molar-refractivity contribution in [3.63, 3.8) is 0 Å². The van der Waals surface area contributed by atoms with E-state index < -0.39 is 0 Å². The normalized spacial score (nSPS) is 21.9. The molecule has 6 heteroatoms. The van der Waals surface area contributed by atoms with Crippen LogP contribution in [0.5, 0.6) is 0 Å². The fourth-order valence-corrected chi connectivity index (χ4v) is 4.30. The van der Waals surface area contributed by atoms with Crippen LogP contribution in [0, 0.1) is 0 Å². The standard InChI is InChI=1S/C24H30N4O2/c1-26-12-14-27(15-13-26)18-23-16-22(25-30-2)17-28(23)24(29)21-10-8-20(9-11-21)19-6-4-3-5-7-19/h3-11,23H,12-18H2,1-2H3/b25-22+/t23-/m0/s1. The van der Waals surface area contributed by atoms with Crippen molar-refractivity contribution < 1.29 is 9.63 Å². The number of piperazine rings is 1. The van der Waals surface area contributed by atoms with Crippen LogP contribution >= 0.6 is 0 Å². The second-order valence-electron chi connectivity index (χ2n) is 8.18. The molecule has 0 saturated carbocycles. The summed E-state index contributed by atoms with van der Waals surface area (Å²) in [6, 6.07) is 18.3. The summed E-state index contributed by atoms with van der Waals surface area (Å²) in [5.74, 6) is 0.0649. The third-order valence-electron chi connectivity index (χ3n) is 6.05. The molecular formula is C24H30N4O2. The Morgan fingerprint density at radius 2 is 1.67 bits per heavy atom. The number of oxime groups is 1. The first-order chi connectivity index (χ1) is 14.6. The molecule has 4 rings (SSSR count). The fourth-order valence-electron chi connectivity index (χ4n) is 4.30. The highest BCUT2D eigenvalue weighted by Crippen LogP contribution is 2.23. The third kappa shape index (κ3) is 4.71. The van der Waals surface area contributed by atoms with E-state index in [4.69, 9.17) is 4.84 Å². The Bertz CT molecular complexity index is 874. The van der Waals surface area contributed by atoms with Crippen molar-refractivity contribution in [2.75, 3.05) is 53.4 Å². The molecule has 1 atom stereocenters. The number of hydrogen-bond acceptors (Lipinski definition) is 5. The number of hydrogen-bond donors (Lipinski definition) is 0. The minimum Gasteiger partial charge on any atom is -0.399 e. The van der Waals surface area contributed by atoms with E-state index in [-0.39, 0.29) is 11.9 Å². The quantitative estimate of drug-likeness (QED) is 0.717. The highest BCUT2D eigenvalue weighted by molar-refractivity contribution is 6.00. The predicted octanol–water partition coefficient (Wildman–Crippen LogP) is 2.82. The van der Waals surface area contributed by atoms with Crippen molar-refractivity contribution in [3.8, 4) is 11.1 Å². The topological polar surface area (TPSA) is 48.4 Å². The molecule has 0 radical (unpaired) electrons. The first kappa shape index (κ1) is 20.6. The summed E-state index contributed by atoms with van der Waals surface area (Å²) in [6.07, 6.45) is 0.772. The molecule has 158 valence electrons. The monoisotopic (exact) mass is 406 g/mol. The van der Waals surface area contributed by atoms with Crippen LogP contribution in [0.25, 0.3) is 11.1 Å². The van der Waals surface area contributed by atoms with Gasteiger partial charge in [0.15, 0.2) is 0 Å². The fraction of sp³-hybridized carbons (Fsp3) is 0.417. The van der Waals surface area contributed by atoms with E-state index in [0.29, 0.717) is 6.54 Å². The number of benzene rings is 2. The SMILES string of the molecule is CO/N=C1\C[C@@H](CN2CCN(C)CC2)N(C(=O)c2ccc(-c3ccccc3)cc2)C1. The summed E-state index contributed by atoms with van der Waals surface area (Å²) in [4.78, 5) is 25.1. The van der Waals surface area contributed by atoms with Gasteiger partial charge in [-0.3, -0.25) is 9.69 Å².